The summed E-state index contributed by atoms with van der Waals surface area (Å²) in [7, 11) is 0. The third-order valence-corrected chi connectivity index (χ3v) is 1.24. The van der Waals surface area contributed by atoms with E-state index in [1.54, 1.807) is 24.3 Å². The van der Waals surface area contributed by atoms with Crippen LogP contribution in [-0.4, -0.2) is 17.7 Å². The summed E-state index contributed by atoms with van der Waals surface area (Å²) in [5.74, 6) is -0.488. The van der Waals surface area contributed by atoms with Crippen LogP contribution in [-0.2, 0) is 4.79 Å². The number of carboxylic acid groups (broad SMARTS) is 1. The van der Waals surface area contributed by atoms with Gasteiger partial charge in [-0.3, -0.25) is 0 Å². The van der Waals surface area contributed by atoms with Gasteiger partial charge in [-0.05, 0) is 24.6 Å². The van der Waals surface area contributed by atoms with E-state index in [1.165, 1.54) is 0 Å². The van der Waals surface area contributed by atoms with E-state index in [1.807, 2.05) is 0 Å². The number of carboxylic acids is 1. The highest BCUT2D eigenvalue weighted by atomic mass is 16.5. The van der Waals surface area contributed by atoms with Crippen LogP contribution in [0.1, 0.15) is 5.56 Å². The maximum absolute atomic E-state index is 10.1. The molecule has 1 aromatic rings. The summed E-state index contributed by atoms with van der Waals surface area (Å²) in [6, 6.07) is 6.55. The highest BCUT2D eigenvalue weighted by Gasteiger charge is 1.97. The van der Waals surface area contributed by atoms with Crippen LogP contribution in [0.15, 0.2) is 24.3 Å². The zero-order valence-corrected chi connectivity index (χ0v) is 6.36. The first-order chi connectivity index (χ1) is 5.68. The summed E-state index contributed by atoms with van der Waals surface area (Å²) in [6.45, 7) is 5.08. The molecule has 0 amide bonds. The van der Waals surface area contributed by atoms with Crippen molar-refractivity contribution in [2.45, 2.75) is 0 Å². The Bertz CT molecular complexity index is 264. The molecule has 0 bridgehead atoms. The first-order valence-corrected chi connectivity index (χ1v) is 3.38. The molecule has 3 heteroatoms. The van der Waals surface area contributed by atoms with Crippen LogP contribution >= 0.6 is 0 Å². The lowest BCUT2D eigenvalue weighted by Crippen LogP contribution is -2.09. The summed E-state index contributed by atoms with van der Waals surface area (Å²) in [4.78, 5) is 10.1. The quantitative estimate of drug-likeness (QED) is 0.730. The van der Waals surface area contributed by atoms with Crippen molar-refractivity contribution in [3.63, 3.8) is 0 Å². The molecule has 3 nitrogen and oxygen atoms in total. The normalized spacial score (nSPS) is 9.42. The summed E-state index contributed by atoms with van der Waals surface area (Å²) >= 11 is 0. The molecular formula is C9H8O3. The maximum atomic E-state index is 10.1. The third-order valence-electron chi connectivity index (χ3n) is 1.24. The molecule has 0 aliphatic rings. The Morgan fingerprint density at radius 2 is 2.00 bits per heavy atom. The molecule has 0 saturated heterocycles. The van der Waals surface area contributed by atoms with Crippen molar-refractivity contribution in [3.8, 4) is 5.75 Å². The zero-order chi connectivity index (χ0) is 8.97. The van der Waals surface area contributed by atoms with Crippen LogP contribution in [0.3, 0.4) is 0 Å². The van der Waals surface area contributed by atoms with Gasteiger partial charge in [-0.1, -0.05) is 12.1 Å². The van der Waals surface area contributed by atoms with Crippen molar-refractivity contribution in [3.05, 3.63) is 36.8 Å². The fourth-order valence-electron chi connectivity index (χ4n) is 0.709. The van der Waals surface area contributed by atoms with E-state index in [0.29, 0.717) is 11.3 Å². The van der Waals surface area contributed by atoms with Crippen molar-refractivity contribution >= 4 is 5.97 Å². The lowest BCUT2D eigenvalue weighted by atomic mass is 10.2. The second-order valence-corrected chi connectivity index (χ2v) is 2.25. The second kappa shape index (κ2) is 3.76. The van der Waals surface area contributed by atoms with E-state index >= 15 is 0 Å². The Balaban J connectivity index is 2.53. The van der Waals surface area contributed by atoms with Crippen molar-refractivity contribution in [2.75, 3.05) is 6.61 Å². The first-order valence-electron chi connectivity index (χ1n) is 3.38. The number of benzene rings is 1. The SMILES string of the molecule is [CH]c1ccc(OCC(=O)O)cc1. The van der Waals surface area contributed by atoms with Crippen LogP contribution < -0.4 is 4.74 Å². The smallest absolute Gasteiger partial charge is 0.341 e. The Morgan fingerprint density at radius 3 is 2.50 bits per heavy atom. The number of rotatable bonds is 3. The van der Waals surface area contributed by atoms with E-state index in [9.17, 15) is 4.79 Å². The molecule has 1 rings (SSSR count). The molecule has 0 aliphatic carbocycles. The minimum Gasteiger partial charge on any atom is -0.482 e. The van der Waals surface area contributed by atoms with Crippen molar-refractivity contribution < 1.29 is 14.6 Å². The standard InChI is InChI=1S/C9H8O3/c1-7-2-4-8(5-3-7)12-6-9(10)11/h1-5H,6H2,(H,10,11). The molecule has 1 aromatic carbocycles. The van der Waals surface area contributed by atoms with Crippen LogP contribution in [0.2, 0.25) is 0 Å². The van der Waals surface area contributed by atoms with Crippen LogP contribution in [0.5, 0.6) is 5.75 Å². The zero-order valence-electron chi connectivity index (χ0n) is 6.36. The largest absolute Gasteiger partial charge is 0.482 e. The number of ether oxygens (including phenoxy) is 1. The fraction of sp³-hybridized carbons (Fsp3) is 0.111. The predicted molar refractivity (Wildman–Crippen MR) is 43.0 cm³/mol. The lowest BCUT2D eigenvalue weighted by molar-refractivity contribution is -0.139. The molecule has 0 atom stereocenters. The lowest BCUT2D eigenvalue weighted by Gasteiger charge is -2.01. The third kappa shape index (κ3) is 2.62. The van der Waals surface area contributed by atoms with Gasteiger partial charge < -0.3 is 9.84 Å². The first kappa shape index (κ1) is 8.59. The Kier molecular flexibility index (Phi) is 2.69. The topological polar surface area (TPSA) is 46.5 Å². The van der Waals surface area contributed by atoms with Crippen LogP contribution in [0, 0.1) is 6.92 Å². The molecule has 2 radical (unpaired) electrons. The van der Waals surface area contributed by atoms with E-state index in [4.69, 9.17) is 16.8 Å². The number of hydrogen-bond donors (Lipinski definition) is 1. The molecule has 0 aliphatic heterocycles. The Hall–Kier alpha value is -1.51. The molecule has 0 heterocycles. The van der Waals surface area contributed by atoms with E-state index in [-0.39, 0.29) is 6.61 Å². The van der Waals surface area contributed by atoms with Gasteiger partial charge >= 0.3 is 5.97 Å². The van der Waals surface area contributed by atoms with Crippen molar-refractivity contribution in [1.29, 1.82) is 0 Å². The minimum atomic E-state index is -0.994. The number of hydrogen-bond acceptors (Lipinski definition) is 2. The van der Waals surface area contributed by atoms with E-state index in [0.717, 1.165) is 0 Å². The summed E-state index contributed by atoms with van der Waals surface area (Å²) in [5, 5.41) is 8.28. The summed E-state index contributed by atoms with van der Waals surface area (Å²) < 4.78 is 4.87. The molecule has 62 valence electrons. The molecule has 0 fully saturated rings. The van der Waals surface area contributed by atoms with Gasteiger partial charge in [0.1, 0.15) is 5.75 Å². The Labute approximate surface area is 70.6 Å². The summed E-state index contributed by atoms with van der Waals surface area (Å²) in [6.07, 6.45) is 0. The van der Waals surface area contributed by atoms with E-state index < -0.39 is 5.97 Å². The molecule has 0 unspecified atom stereocenters. The van der Waals surface area contributed by atoms with Gasteiger partial charge in [0.15, 0.2) is 6.61 Å². The highest BCUT2D eigenvalue weighted by molar-refractivity contribution is 5.68. The maximum Gasteiger partial charge on any atom is 0.341 e. The average Bonchev–Trinajstić information content (AvgIpc) is 2.03. The fourth-order valence-corrected chi connectivity index (χ4v) is 0.709. The number of carbonyl (C=O) groups is 1. The summed E-state index contributed by atoms with van der Waals surface area (Å²) in [5.41, 5.74) is 0.623. The van der Waals surface area contributed by atoms with Gasteiger partial charge in [-0.25, -0.2) is 4.79 Å². The average molecular weight is 164 g/mol. The van der Waals surface area contributed by atoms with Gasteiger partial charge in [-0.15, -0.1) is 0 Å². The predicted octanol–water partition coefficient (Wildman–Crippen LogP) is 1.21. The molecular weight excluding hydrogens is 156 g/mol. The van der Waals surface area contributed by atoms with Gasteiger partial charge in [0.05, 0.1) is 0 Å². The van der Waals surface area contributed by atoms with Crippen molar-refractivity contribution in [1.82, 2.24) is 0 Å². The van der Waals surface area contributed by atoms with Crippen LogP contribution in [0.4, 0.5) is 0 Å². The molecule has 1 N–H and O–H groups in total. The van der Waals surface area contributed by atoms with E-state index in [2.05, 4.69) is 0 Å². The second-order valence-electron chi connectivity index (χ2n) is 2.25. The Morgan fingerprint density at radius 1 is 1.42 bits per heavy atom. The molecule has 12 heavy (non-hydrogen) atoms. The minimum absolute atomic E-state index is 0.329. The molecule has 0 saturated carbocycles. The highest BCUT2D eigenvalue weighted by Crippen LogP contribution is 2.10. The van der Waals surface area contributed by atoms with Gasteiger partial charge in [-0.2, -0.15) is 0 Å². The molecule has 0 aromatic heterocycles. The monoisotopic (exact) mass is 164 g/mol. The van der Waals surface area contributed by atoms with Gasteiger partial charge in [0.25, 0.3) is 0 Å². The van der Waals surface area contributed by atoms with Gasteiger partial charge in [0, 0.05) is 0 Å². The molecule has 0 spiro atoms. The van der Waals surface area contributed by atoms with Crippen molar-refractivity contribution in [2.24, 2.45) is 0 Å². The number of aliphatic carboxylic acids is 1. The van der Waals surface area contributed by atoms with Crippen LogP contribution in [0.25, 0.3) is 0 Å². The van der Waals surface area contributed by atoms with Gasteiger partial charge in [0.2, 0.25) is 0 Å².